The summed E-state index contributed by atoms with van der Waals surface area (Å²) in [6, 6.07) is 8.79. The summed E-state index contributed by atoms with van der Waals surface area (Å²) in [6.45, 7) is 0.263. The number of aromatic nitrogens is 2. The van der Waals surface area contributed by atoms with Crippen molar-refractivity contribution in [1.29, 1.82) is 0 Å². The van der Waals surface area contributed by atoms with Gasteiger partial charge in [0.15, 0.2) is 0 Å². The summed E-state index contributed by atoms with van der Waals surface area (Å²) < 4.78 is 20.4. The number of methoxy groups -OCH3 is 1. The fourth-order valence-corrected chi connectivity index (χ4v) is 2.55. The van der Waals surface area contributed by atoms with Crippen LogP contribution in [0.25, 0.3) is 5.69 Å². The number of halogens is 1. The van der Waals surface area contributed by atoms with E-state index in [9.17, 15) is 19.3 Å². The molecule has 1 heterocycles. The van der Waals surface area contributed by atoms with Crippen molar-refractivity contribution in [2.45, 2.75) is 6.54 Å². The number of hydrogen-bond donors (Lipinski definition) is 1. The summed E-state index contributed by atoms with van der Waals surface area (Å²) in [5, 5.41) is 14.0. The first kappa shape index (κ1) is 18.1. The fourth-order valence-electron chi connectivity index (χ4n) is 2.55. The SMILES string of the molecule is COC(=O)c1cc(NCc2ccc(-n3ccnc3)c(F)c2)ccc1[N+](=O)[O-]. The minimum Gasteiger partial charge on any atom is -0.465 e. The van der Waals surface area contributed by atoms with Crippen molar-refractivity contribution in [3.8, 4) is 5.69 Å². The molecule has 138 valence electrons. The van der Waals surface area contributed by atoms with E-state index in [4.69, 9.17) is 0 Å². The van der Waals surface area contributed by atoms with Crippen molar-refractivity contribution in [2.75, 3.05) is 12.4 Å². The van der Waals surface area contributed by atoms with E-state index in [1.807, 2.05) is 0 Å². The van der Waals surface area contributed by atoms with E-state index in [1.54, 1.807) is 29.1 Å². The zero-order valence-corrected chi connectivity index (χ0v) is 14.3. The van der Waals surface area contributed by atoms with Crippen molar-refractivity contribution < 1.29 is 18.8 Å². The Morgan fingerprint density at radius 2 is 2.15 bits per heavy atom. The van der Waals surface area contributed by atoms with Crippen LogP contribution in [0.1, 0.15) is 15.9 Å². The van der Waals surface area contributed by atoms with Gasteiger partial charge in [-0.15, -0.1) is 0 Å². The molecule has 0 atom stereocenters. The van der Waals surface area contributed by atoms with Gasteiger partial charge in [-0.1, -0.05) is 6.07 Å². The van der Waals surface area contributed by atoms with Crippen LogP contribution in [0.2, 0.25) is 0 Å². The van der Waals surface area contributed by atoms with Crippen LogP contribution >= 0.6 is 0 Å². The summed E-state index contributed by atoms with van der Waals surface area (Å²) >= 11 is 0. The highest BCUT2D eigenvalue weighted by Crippen LogP contribution is 2.24. The molecule has 0 amide bonds. The van der Waals surface area contributed by atoms with Gasteiger partial charge in [-0.3, -0.25) is 10.1 Å². The van der Waals surface area contributed by atoms with Crippen LogP contribution in [0.15, 0.2) is 55.1 Å². The number of rotatable bonds is 6. The average Bonchev–Trinajstić information content (AvgIpc) is 3.19. The lowest BCUT2D eigenvalue weighted by Crippen LogP contribution is -2.07. The number of carbonyl (C=O) groups is 1. The summed E-state index contributed by atoms with van der Waals surface area (Å²) in [5.74, 6) is -1.22. The van der Waals surface area contributed by atoms with Crippen molar-refractivity contribution in [2.24, 2.45) is 0 Å². The Morgan fingerprint density at radius 1 is 1.33 bits per heavy atom. The molecule has 0 radical (unpaired) electrons. The maximum absolute atomic E-state index is 14.3. The van der Waals surface area contributed by atoms with Crippen LogP contribution in [-0.4, -0.2) is 27.6 Å². The predicted octanol–water partition coefficient (Wildman–Crippen LogP) is 3.32. The number of esters is 1. The van der Waals surface area contributed by atoms with Crippen LogP contribution in [0.3, 0.4) is 0 Å². The van der Waals surface area contributed by atoms with E-state index in [0.29, 0.717) is 16.9 Å². The summed E-state index contributed by atoms with van der Waals surface area (Å²) in [4.78, 5) is 26.0. The third-order valence-corrected chi connectivity index (χ3v) is 3.89. The van der Waals surface area contributed by atoms with Gasteiger partial charge in [-0.2, -0.15) is 0 Å². The molecule has 0 unspecified atom stereocenters. The van der Waals surface area contributed by atoms with Gasteiger partial charge in [0.25, 0.3) is 5.69 Å². The molecule has 0 spiro atoms. The van der Waals surface area contributed by atoms with Crippen LogP contribution in [-0.2, 0) is 11.3 Å². The molecule has 0 aliphatic rings. The van der Waals surface area contributed by atoms with Crippen molar-refractivity contribution >= 4 is 17.3 Å². The van der Waals surface area contributed by atoms with E-state index in [1.165, 1.54) is 30.6 Å². The number of ether oxygens (including phenoxy) is 1. The van der Waals surface area contributed by atoms with Crippen molar-refractivity contribution in [3.63, 3.8) is 0 Å². The number of carbonyl (C=O) groups excluding carboxylic acids is 1. The quantitative estimate of drug-likeness (QED) is 0.406. The number of nitrogens with one attached hydrogen (secondary N) is 1. The molecule has 3 aromatic rings. The molecule has 0 saturated heterocycles. The first-order valence-corrected chi connectivity index (χ1v) is 7.87. The molecule has 3 rings (SSSR count). The van der Waals surface area contributed by atoms with Gasteiger partial charge in [-0.25, -0.2) is 14.2 Å². The number of nitro groups is 1. The monoisotopic (exact) mass is 370 g/mol. The summed E-state index contributed by atoms with van der Waals surface area (Å²) in [5.41, 5.74) is 1.01. The second-order valence-corrected chi connectivity index (χ2v) is 5.59. The van der Waals surface area contributed by atoms with Crippen LogP contribution < -0.4 is 5.32 Å². The second-order valence-electron chi connectivity index (χ2n) is 5.59. The van der Waals surface area contributed by atoms with Gasteiger partial charge in [0.2, 0.25) is 0 Å². The highest BCUT2D eigenvalue weighted by molar-refractivity contribution is 5.95. The third-order valence-electron chi connectivity index (χ3n) is 3.89. The average molecular weight is 370 g/mol. The normalized spacial score (nSPS) is 10.4. The number of benzene rings is 2. The summed E-state index contributed by atoms with van der Waals surface area (Å²) in [7, 11) is 1.15. The molecule has 0 fully saturated rings. The molecule has 8 nitrogen and oxygen atoms in total. The molecule has 1 aromatic heterocycles. The highest BCUT2D eigenvalue weighted by Gasteiger charge is 2.21. The molecule has 27 heavy (non-hydrogen) atoms. The smallest absolute Gasteiger partial charge is 0.344 e. The maximum atomic E-state index is 14.3. The topological polar surface area (TPSA) is 99.3 Å². The first-order valence-electron chi connectivity index (χ1n) is 7.87. The van der Waals surface area contributed by atoms with Crippen LogP contribution in [0, 0.1) is 15.9 Å². The maximum Gasteiger partial charge on any atom is 0.344 e. The molecule has 2 aromatic carbocycles. The standard InChI is InChI=1S/C18H15FN4O4/c1-27-18(24)14-9-13(3-5-16(14)23(25)26)21-10-12-2-4-17(15(19)8-12)22-7-6-20-11-22/h2-9,11,21H,10H2,1H3. The Hall–Kier alpha value is -3.75. The minimum absolute atomic E-state index is 0.158. The molecule has 9 heteroatoms. The summed E-state index contributed by atoms with van der Waals surface area (Å²) in [6.07, 6.45) is 4.70. The minimum atomic E-state index is -0.805. The molecule has 1 N–H and O–H groups in total. The Labute approximate surface area is 153 Å². The van der Waals surface area contributed by atoms with Crippen LogP contribution in [0.5, 0.6) is 0 Å². The second kappa shape index (κ2) is 7.65. The van der Waals surface area contributed by atoms with Gasteiger partial charge in [0, 0.05) is 30.7 Å². The molecule has 0 bridgehead atoms. The van der Waals surface area contributed by atoms with Gasteiger partial charge in [0.05, 0.1) is 24.0 Å². The lowest BCUT2D eigenvalue weighted by atomic mass is 10.1. The zero-order valence-electron chi connectivity index (χ0n) is 14.3. The third kappa shape index (κ3) is 3.92. The predicted molar refractivity (Wildman–Crippen MR) is 95.3 cm³/mol. The number of imidazole rings is 1. The van der Waals surface area contributed by atoms with Gasteiger partial charge < -0.3 is 14.6 Å². The van der Waals surface area contributed by atoms with E-state index in [2.05, 4.69) is 15.0 Å². The van der Waals surface area contributed by atoms with Gasteiger partial charge in [-0.05, 0) is 29.8 Å². The number of anilines is 1. The molecule has 0 saturated carbocycles. The number of hydrogen-bond acceptors (Lipinski definition) is 6. The first-order chi connectivity index (χ1) is 13.0. The van der Waals surface area contributed by atoms with Crippen molar-refractivity contribution in [3.05, 3.63) is 82.2 Å². The van der Waals surface area contributed by atoms with Crippen molar-refractivity contribution in [1.82, 2.24) is 9.55 Å². The zero-order chi connectivity index (χ0) is 19.4. The van der Waals surface area contributed by atoms with E-state index in [-0.39, 0.29) is 17.8 Å². The van der Waals surface area contributed by atoms with E-state index in [0.717, 1.165) is 7.11 Å². The highest BCUT2D eigenvalue weighted by atomic mass is 19.1. The largest absolute Gasteiger partial charge is 0.465 e. The lowest BCUT2D eigenvalue weighted by Gasteiger charge is -2.10. The molecule has 0 aliphatic heterocycles. The molecular formula is C18H15FN4O4. The Bertz CT molecular complexity index is 989. The van der Waals surface area contributed by atoms with E-state index >= 15 is 0 Å². The Kier molecular flexibility index (Phi) is 5.11. The van der Waals surface area contributed by atoms with Gasteiger partial charge in [0.1, 0.15) is 11.4 Å². The fraction of sp³-hybridized carbons (Fsp3) is 0.111. The lowest BCUT2D eigenvalue weighted by molar-refractivity contribution is -0.385. The number of nitrogens with zero attached hydrogens (tertiary/aromatic N) is 3. The Morgan fingerprint density at radius 3 is 2.78 bits per heavy atom. The molecule has 0 aliphatic carbocycles. The van der Waals surface area contributed by atoms with Crippen LogP contribution in [0.4, 0.5) is 15.8 Å². The van der Waals surface area contributed by atoms with E-state index < -0.39 is 16.7 Å². The van der Waals surface area contributed by atoms with Gasteiger partial charge >= 0.3 is 5.97 Å². The number of nitro benzene ring substituents is 1. The Balaban J connectivity index is 1.78. The molecular weight excluding hydrogens is 355 g/mol.